The molecule has 0 aliphatic heterocycles. The summed E-state index contributed by atoms with van der Waals surface area (Å²) in [5, 5.41) is 11.1. The van der Waals surface area contributed by atoms with Gasteiger partial charge >= 0.3 is 5.97 Å². The second-order valence-electron chi connectivity index (χ2n) is 5.69. The highest BCUT2D eigenvalue weighted by atomic mass is 32.2. The Hall–Kier alpha value is -1.49. The molecule has 0 unspecified atom stereocenters. The average molecular weight is 295 g/mol. The Morgan fingerprint density at radius 3 is 2.25 bits per heavy atom. The van der Waals surface area contributed by atoms with Gasteiger partial charge in [-0.2, -0.15) is 0 Å². The molecule has 1 aromatic carbocycles. The van der Waals surface area contributed by atoms with Crippen LogP contribution in [0.4, 0.5) is 0 Å². The van der Waals surface area contributed by atoms with Gasteiger partial charge in [-0.1, -0.05) is 32.9 Å². The molecule has 0 radical (unpaired) electrons. The molecular formula is C15H21NO3S. The van der Waals surface area contributed by atoms with Crippen molar-refractivity contribution in [1.29, 1.82) is 0 Å². The van der Waals surface area contributed by atoms with Gasteiger partial charge in [-0.15, -0.1) is 11.8 Å². The quantitative estimate of drug-likeness (QED) is 0.820. The highest BCUT2D eigenvalue weighted by molar-refractivity contribution is 8.00. The number of benzene rings is 1. The lowest BCUT2D eigenvalue weighted by Gasteiger charge is -2.19. The van der Waals surface area contributed by atoms with Crippen LogP contribution in [-0.2, 0) is 15.0 Å². The number of aliphatic carboxylic acids is 1. The lowest BCUT2D eigenvalue weighted by Crippen LogP contribution is -2.39. The third-order valence-corrected chi connectivity index (χ3v) is 3.85. The number of nitrogens with one attached hydrogen (secondary N) is 1. The number of carbonyl (C=O) groups excluding carboxylic acids is 1. The van der Waals surface area contributed by atoms with Crippen LogP contribution in [0.5, 0.6) is 0 Å². The second kappa shape index (κ2) is 6.79. The maximum atomic E-state index is 11.6. The fraction of sp³-hybridized carbons (Fsp3) is 0.467. The number of hydrogen-bond donors (Lipinski definition) is 2. The molecule has 0 heterocycles. The number of carboxylic acid groups (broad SMARTS) is 1. The molecule has 0 spiro atoms. The number of amides is 1. The molecule has 2 N–H and O–H groups in total. The SMILES string of the molecule is C[C@@H](NC(=O)CSc1ccc(C(C)(C)C)cc1)C(=O)O. The van der Waals surface area contributed by atoms with E-state index in [4.69, 9.17) is 5.11 Å². The van der Waals surface area contributed by atoms with Crippen LogP contribution in [0.15, 0.2) is 29.2 Å². The van der Waals surface area contributed by atoms with E-state index in [0.717, 1.165) is 4.90 Å². The Morgan fingerprint density at radius 1 is 1.25 bits per heavy atom. The predicted molar refractivity (Wildman–Crippen MR) is 81.1 cm³/mol. The van der Waals surface area contributed by atoms with E-state index in [2.05, 4.69) is 38.2 Å². The first-order valence-corrected chi connectivity index (χ1v) is 7.44. The van der Waals surface area contributed by atoms with Crippen LogP contribution in [0.2, 0.25) is 0 Å². The molecular weight excluding hydrogens is 274 g/mol. The van der Waals surface area contributed by atoms with Gasteiger partial charge in [0.05, 0.1) is 5.75 Å². The van der Waals surface area contributed by atoms with Crippen molar-refractivity contribution in [3.8, 4) is 0 Å². The van der Waals surface area contributed by atoms with Crippen LogP contribution in [-0.4, -0.2) is 28.8 Å². The van der Waals surface area contributed by atoms with Gasteiger partial charge in [0.15, 0.2) is 0 Å². The van der Waals surface area contributed by atoms with E-state index in [9.17, 15) is 9.59 Å². The van der Waals surface area contributed by atoms with Crippen LogP contribution >= 0.6 is 11.8 Å². The Bertz CT molecular complexity index is 477. The molecule has 20 heavy (non-hydrogen) atoms. The zero-order chi connectivity index (χ0) is 15.3. The average Bonchev–Trinajstić information content (AvgIpc) is 2.35. The smallest absolute Gasteiger partial charge is 0.325 e. The van der Waals surface area contributed by atoms with E-state index in [-0.39, 0.29) is 17.1 Å². The van der Waals surface area contributed by atoms with E-state index >= 15 is 0 Å². The summed E-state index contributed by atoms with van der Waals surface area (Å²) in [6.45, 7) is 7.89. The van der Waals surface area contributed by atoms with E-state index in [0.29, 0.717) is 0 Å². The van der Waals surface area contributed by atoms with E-state index in [1.165, 1.54) is 24.2 Å². The minimum Gasteiger partial charge on any atom is -0.480 e. The summed E-state index contributed by atoms with van der Waals surface area (Å²) in [6, 6.07) is 7.23. The lowest BCUT2D eigenvalue weighted by molar-refractivity contribution is -0.140. The summed E-state index contributed by atoms with van der Waals surface area (Å²) in [7, 11) is 0. The van der Waals surface area contributed by atoms with Gasteiger partial charge in [-0.25, -0.2) is 0 Å². The van der Waals surface area contributed by atoms with Gasteiger partial charge in [0.2, 0.25) is 5.91 Å². The Balaban J connectivity index is 2.50. The van der Waals surface area contributed by atoms with Crippen molar-refractivity contribution in [2.75, 3.05) is 5.75 Å². The minimum atomic E-state index is -1.03. The summed E-state index contributed by atoms with van der Waals surface area (Å²) in [5.41, 5.74) is 1.35. The normalized spacial score (nSPS) is 12.8. The summed E-state index contributed by atoms with van der Waals surface area (Å²) in [6.07, 6.45) is 0. The highest BCUT2D eigenvalue weighted by Gasteiger charge is 2.15. The largest absolute Gasteiger partial charge is 0.480 e. The number of thioether (sulfide) groups is 1. The zero-order valence-electron chi connectivity index (χ0n) is 12.3. The molecule has 0 saturated carbocycles. The van der Waals surface area contributed by atoms with Crippen molar-refractivity contribution in [2.24, 2.45) is 0 Å². The molecule has 0 aromatic heterocycles. The lowest BCUT2D eigenvalue weighted by atomic mass is 9.87. The van der Waals surface area contributed by atoms with Crippen LogP contribution < -0.4 is 5.32 Å². The fourth-order valence-electron chi connectivity index (χ4n) is 1.54. The summed E-state index contributed by atoms with van der Waals surface area (Å²) >= 11 is 1.40. The topological polar surface area (TPSA) is 66.4 Å². The van der Waals surface area contributed by atoms with Crippen LogP contribution in [0, 0.1) is 0 Å². The molecule has 1 atom stereocenters. The molecule has 5 heteroatoms. The maximum absolute atomic E-state index is 11.6. The molecule has 1 rings (SSSR count). The third kappa shape index (κ3) is 5.25. The number of carboxylic acids is 1. The molecule has 110 valence electrons. The molecule has 0 fully saturated rings. The van der Waals surface area contributed by atoms with Gasteiger partial charge in [-0.3, -0.25) is 9.59 Å². The van der Waals surface area contributed by atoms with Gasteiger partial charge in [0.25, 0.3) is 0 Å². The van der Waals surface area contributed by atoms with Gasteiger partial charge < -0.3 is 10.4 Å². The molecule has 0 aliphatic carbocycles. The standard InChI is InChI=1S/C15H21NO3S/c1-10(14(18)19)16-13(17)9-20-12-7-5-11(6-8-12)15(2,3)4/h5-8,10H,9H2,1-4H3,(H,16,17)(H,18,19)/t10-/m1/s1. The molecule has 4 nitrogen and oxygen atoms in total. The van der Waals surface area contributed by atoms with Crippen LogP contribution in [0.3, 0.4) is 0 Å². The van der Waals surface area contributed by atoms with Crippen molar-refractivity contribution in [1.82, 2.24) is 5.32 Å². The summed E-state index contributed by atoms with van der Waals surface area (Å²) in [5.74, 6) is -1.09. The van der Waals surface area contributed by atoms with E-state index < -0.39 is 12.0 Å². The monoisotopic (exact) mass is 295 g/mol. The predicted octanol–water partition coefficient (Wildman–Crippen LogP) is 2.67. The zero-order valence-corrected chi connectivity index (χ0v) is 13.1. The van der Waals surface area contributed by atoms with E-state index in [1.54, 1.807) is 0 Å². The van der Waals surface area contributed by atoms with Crippen molar-refractivity contribution >= 4 is 23.6 Å². The van der Waals surface area contributed by atoms with Gasteiger partial charge in [-0.05, 0) is 30.0 Å². The van der Waals surface area contributed by atoms with Gasteiger partial charge in [0, 0.05) is 4.90 Å². The van der Waals surface area contributed by atoms with E-state index in [1.807, 2.05) is 12.1 Å². The highest BCUT2D eigenvalue weighted by Crippen LogP contribution is 2.25. The number of rotatable bonds is 5. The molecule has 0 saturated heterocycles. The second-order valence-corrected chi connectivity index (χ2v) is 6.74. The maximum Gasteiger partial charge on any atom is 0.325 e. The molecule has 1 aromatic rings. The fourth-order valence-corrected chi connectivity index (χ4v) is 2.25. The van der Waals surface area contributed by atoms with Crippen molar-refractivity contribution in [3.05, 3.63) is 29.8 Å². The van der Waals surface area contributed by atoms with Crippen LogP contribution in [0.25, 0.3) is 0 Å². The van der Waals surface area contributed by atoms with Crippen molar-refractivity contribution in [2.45, 2.75) is 44.0 Å². The summed E-state index contributed by atoms with van der Waals surface area (Å²) < 4.78 is 0. The number of hydrogen-bond acceptors (Lipinski definition) is 3. The number of carbonyl (C=O) groups is 2. The van der Waals surface area contributed by atoms with Gasteiger partial charge in [0.1, 0.15) is 6.04 Å². The first kappa shape index (κ1) is 16.6. The Morgan fingerprint density at radius 2 is 1.80 bits per heavy atom. The first-order valence-electron chi connectivity index (χ1n) is 6.45. The molecule has 0 bridgehead atoms. The summed E-state index contributed by atoms with van der Waals surface area (Å²) in [4.78, 5) is 23.2. The van der Waals surface area contributed by atoms with Crippen molar-refractivity contribution in [3.63, 3.8) is 0 Å². The Kier molecular flexibility index (Phi) is 5.62. The third-order valence-electron chi connectivity index (χ3n) is 2.84. The molecule has 0 aliphatic rings. The van der Waals surface area contributed by atoms with Crippen molar-refractivity contribution < 1.29 is 14.7 Å². The molecule has 1 amide bonds. The van der Waals surface area contributed by atoms with Crippen LogP contribution in [0.1, 0.15) is 33.3 Å². The minimum absolute atomic E-state index is 0.109. The Labute approximate surface area is 124 Å². The first-order chi connectivity index (χ1) is 9.20.